The van der Waals surface area contributed by atoms with E-state index in [4.69, 9.17) is 4.74 Å². The van der Waals surface area contributed by atoms with Crippen molar-refractivity contribution in [1.29, 1.82) is 0 Å². The molecule has 1 unspecified atom stereocenters. The maximum absolute atomic E-state index is 11.7. The molecule has 0 saturated carbocycles. The van der Waals surface area contributed by atoms with Crippen LogP contribution >= 0.6 is 0 Å². The van der Waals surface area contributed by atoms with Crippen molar-refractivity contribution in [1.82, 2.24) is 24.7 Å². The maximum atomic E-state index is 11.7. The van der Waals surface area contributed by atoms with Crippen LogP contribution in [-0.2, 0) is 4.74 Å². The molecule has 1 amide bonds. The van der Waals surface area contributed by atoms with Gasteiger partial charge in [0.2, 0.25) is 5.65 Å². The van der Waals surface area contributed by atoms with Crippen LogP contribution in [0.2, 0.25) is 0 Å². The minimum absolute atomic E-state index is 0.239. The maximum Gasteiger partial charge on any atom is 0.410 e. The largest absolute Gasteiger partial charge is 0.439 e. The van der Waals surface area contributed by atoms with Gasteiger partial charge in [0.25, 0.3) is 0 Å². The van der Waals surface area contributed by atoms with Gasteiger partial charge in [-0.15, -0.1) is 10.2 Å². The Bertz CT molecular complexity index is 772. The van der Waals surface area contributed by atoms with Crippen molar-refractivity contribution < 1.29 is 9.53 Å². The molecule has 0 aromatic carbocycles. The first-order chi connectivity index (χ1) is 11.0. The molecule has 2 aliphatic rings. The predicted octanol–water partition coefficient (Wildman–Crippen LogP) is 1.28. The summed E-state index contributed by atoms with van der Waals surface area (Å²) < 4.78 is 7.36. The Morgan fingerprint density at radius 2 is 2.17 bits per heavy atom. The van der Waals surface area contributed by atoms with Crippen LogP contribution in [0.4, 0.5) is 10.5 Å². The van der Waals surface area contributed by atoms with Gasteiger partial charge in [-0.05, 0) is 12.0 Å². The summed E-state index contributed by atoms with van der Waals surface area (Å²) in [7, 11) is 1.78. The highest BCUT2D eigenvalue weighted by Crippen LogP contribution is 2.36. The fraction of sp³-hybridized carbons (Fsp3) is 0.600. The molecule has 0 N–H and O–H groups in total. The normalized spacial score (nSPS) is 24.4. The van der Waals surface area contributed by atoms with Crippen molar-refractivity contribution in [2.75, 3.05) is 31.6 Å². The molecule has 1 atom stereocenters. The van der Waals surface area contributed by atoms with Gasteiger partial charge in [-0.1, -0.05) is 13.8 Å². The van der Waals surface area contributed by atoms with Gasteiger partial charge in [-0.3, -0.25) is 0 Å². The van der Waals surface area contributed by atoms with E-state index < -0.39 is 5.60 Å². The average molecular weight is 316 g/mol. The van der Waals surface area contributed by atoms with E-state index in [1.807, 2.05) is 0 Å². The quantitative estimate of drug-likeness (QED) is 0.831. The molecular weight excluding hydrogens is 296 g/mol. The first-order valence-corrected chi connectivity index (χ1v) is 7.87. The predicted molar refractivity (Wildman–Crippen MR) is 83.5 cm³/mol. The summed E-state index contributed by atoms with van der Waals surface area (Å²) in [5, 5.41) is 12.7. The zero-order valence-electron chi connectivity index (χ0n) is 13.6. The smallest absolute Gasteiger partial charge is 0.410 e. The molecule has 0 radical (unpaired) electrons. The van der Waals surface area contributed by atoms with Crippen LogP contribution in [0.25, 0.3) is 5.65 Å². The van der Waals surface area contributed by atoms with Crippen LogP contribution in [0, 0.1) is 0 Å². The lowest BCUT2D eigenvalue weighted by molar-refractivity contribution is 0.0742. The van der Waals surface area contributed by atoms with Gasteiger partial charge in [0.1, 0.15) is 6.33 Å². The Kier molecular flexibility index (Phi) is 2.97. The van der Waals surface area contributed by atoms with Crippen LogP contribution in [0.5, 0.6) is 0 Å². The lowest BCUT2D eigenvalue weighted by Gasteiger charge is -2.23. The molecule has 2 aliphatic heterocycles. The van der Waals surface area contributed by atoms with E-state index >= 15 is 0 Å². The van der Waals surface area contributed by atoms with E-state index in [1.165, 1.54) is 0 Å². The van der Waals surface area contributed by atoms with E-state index in [1.54, 1.807) is 22.8 Å². The molecule has 8 heteroatoms. The number of carbonyl (C=O) groups excluding carboxylic acids is 1. The summed E-state index contributed by atoms with van der Waals surface area (Å²) in [6, 6.07) is 2.08. The number of anilines is 1. The number of nitrogens with zero attached hydrogens (tertiary/aromatic N) is 6. The molecule has 4 heterocycles. The summed E-state index contributed by atoms with van der Waals surface area (Å²) in [5.74, 6) is 0.313. The van der Waals surface area contributed by atoms with E-state index in [9.17, 15) is 4.79 Å². The number of hydrogen-bond donors (Lipinski definition) is 0. The number of aromatic nitrogens is 4. The first-order valence-electron chi connectivity index (χ1n) is 7.87. The average Bonchev–Trinajstić information content (AvgIpc) is 3.18. The molecule has 8 nitrogen and oxygen atoms in total. The van der Waals surface area contributed by atoms with Crippen LogP contribution in [0.15, 0.2) is 12.4 Å². The zero-order valence-corrected chi connectivity index (χ0v) is 13.6. The monoisotopic (exact) mass is 316 g/mol. The highest BCUT2D eigenvalue weighted by atomic mass is 16.6. The van der Waals surface area contributed by atoms with Gasteiger partial charge in [-0.25, -0.2) is 4.79 Å². The lowest BCUT2D eigenvalue weighted by Crippen LogP contribution is -2.37. The Balaban J connectivity index is 1.70. The second-order valence-electron chi connectivity index (χ2n) is 6.79. The third-order valence-electron chi connectivity index (χ3n) is 4.66. The van der Waals surface area contributed by atoms with Crippen LogP contribution in [0.3, 0.4) is 0 Å². The number of rotatable bonds is 2. The number of carbonyl (C=O) groups is 1. The highest BCUT2D eigenvalue weighted by Gasteiger charge is 2.49. The van der Waals surface area contributed by atoms with Gasteiger partial charge in [0, 0.05) is 20.0 Å². The molecule has 122 valence electrons. The van der Waals surface area contributed by atoms with Crippen molar-refractivity contribution in [3.63, 3.8) is 0 Å². The summed E-state index contributed by atoms with van der Waals surface area (Å²) in [4.78, 5) is 15.6. The number of ether oxygens (including phenoxy) is 1. The van der Waals surface area contributed by atoms with Crippen LogP contribution < -0.4 is 4.90 Å². The van der Waals surface area contributed by atoms with Crippen molar-refractivity contribution in [2.45, 2.75) is 31.8 Å². The summed E-state index contributed by atoms with van der Waals surface area (Å²) in [6.07, 6.45) is 2.21. The zero-order chi connectivity index (χ0) is 16.2. The third kappa shape index (κ3) is 2.20. The molecule has 2 aromatic rings. The Morgan fingerprint density at radius 3 is 2.87 bits per heavy atom. The molecule has 2 fully saturated rings. The molecule has 0 bridgehead atoms. The van der Waals surface area contributed by atoms with Crippen LogP contribution in [-0.4, -0.2) is 63.1 Å². The lowest BCUT2D eigenvalue weighted by atomic mass is 10.0. The van der Waals surface area contributed by atoms with E-state index in [0.29, 0.717) is 19.0 Å². The Hall–Kier alpha value is -2.38. The minimum Gasteiger partial charge on any atom is -0.439 e. The van der Waals surface area contributed by atoms with E-state index in [2.05, 4.69) is 40.1 Å². The molecule has 4 rings (SSSR count). The summed E-state index contributed by atoms with van der Waals surface area (Å²) in [6.45, 7) is 6.36. The minimum atomic E-state index is -0.413. The van der Waals surface area contributed by atoms with Gasteiger partial charge in [0.15, 0.2) is 5.60 Å². The molecule has 23 heavy (non-hydrogen) atoms. The third-order valence-corrected chi connectivity index (χ3v) is 4.66. The van der Waals surface area contributed by atoms with Crippen molar-refractivity contribution in [3.05, 3.63) is 18.1 Å². The second-order valence-corrected chi connectivity index (χ2v) is 6.79. The fourth-order valence-electron chi connectivity index (χ4n) is 3.40. The van der Waals surface area contributed by atoms with E-state index in [0.717, 1.165) is 30.0 Å². The molecule has 0 aliphatic carbocycles. The highest BCUT2D eigenvalue weighted by molar-refractivity contribution is 5.72. The van der Waals surface area contributed by atoms with Gasteiger partial charge in [0.05, 0.1) is 24.5 Å². The van der Waals surface area contributed by atoms with Gasteiger partial charge < -0.3 is 14.5 Å². The number of amides is 1. The standard InChI is InChI=1S/C15H20N6O2/c1-10(2)11-6-12(13-17-16-9-21(13)18-11)20-5-4-15(8-20)7-19(3)14(22)23-15/h6,9-10H,4-5,7-8H2,1-3H3. The number of likely N-dealkylation sites (N-methyl/N-ethyl adjacent to an activating group) is 1. The summed E-state index contributed by atoms with van der Waals surface area (Å²) >= 11 is 0. The van der Waals surface area contributed by atoms with Crippen molar-refractivity contribution >= 4 is 17.4 Å². The fourth-order valence-corrected chi connectivity index (χ4v) is 3.40. The Morgan fingerprint density at radius 1 is 1.35 bits per heavy atom. The molecule has 1 spiro atoms. The molecule has 2 aromatic heterocycles. The summed E-state index contributed by atoms with van der Waals surface area (Å²) in [5.41, 5.74) is 2.32. The molecular formula is C15H20N6O2. The SMILES string of the molecule is CC(C)c1cc(N2CCC3(CN(C)C(=O)O3)C2)c2nncn2n1. The van der Waals surface area contributed by atoms with Gasteiger partial charge >= 0.3 is 6.09 Å². The first kappa shape index (κ1) is 14.2. The molecule has 2 saturated heterocycles. The topological polar surface area (TPSA) is 75.9 Å². The Labute approximate surface area is 134 Å². The number of hydrogen-bond acceptors (Lipinski definition) is 6. The van der Waals surface area contributed by atoms with Crippen LogP contribution in [0.1, 0.15) is 31.9 Å². The van der Waals surface area contributed by atoms with Gasteiger partial charge in [-0.2, -0.15) is 9.61 Å². The van der Waals surface area contributed by atoms with E-state index in [-0.39, 0.29) is 6.09 Å². The second kappa shape index (κ2) is 4.81. The van der Waals surface area contributed by atoms with Crippen molar-refractivity contribution in [3.8, 4) is 0 Å². The van der Waals surface area contributed by atoms with Crippen molar-refractivity contribution in [2.24, 2.45) is 0 Å². The number of fused-ring (bicyclic) bond motifs is 1.